The lowest BCUT2D eigenvalue weighted by Crippen LogP contribution is -2.45. The van der Waals surface area contributed by atoms with Crippen LogP contribution in [0.3, 0.4) is 0 Å². The van der Waals surface area contributed by atoms with Gasteiger partial charge in [0, 0.05) is 17.8 Å². The Kier molecular flexibility index (Phi) is 4.39. The van der Waals surface area contributed by atoms with Gasteiger partial charge in [-0.25, -0.2) is 9.78 Å². The van der Waals surface area contributed by atoms with E-state index in [2.05, 4.69) is 10.3 Å². The third kappa shape index (κ3) is 3.16. The zero-order chi connectivity index (χ0) is 14.7. The van der Waals surface area contributed by atoms with Crippen LogP contribution in [-0.2, 0) is 16.0 Å². The molecule has 0 saturated carbocycles. The molecule has 2 heterocycles. The molecule has 0 aromatic carbocycles. The van der Waals surface area contributed by atoms with Crippen molar-refractivity contribution in [2.75, 3.05) is 0 Å². The number of rotatable bonds is 6. The molecule has 2 atom stereocenters. The second-order valence-corrected chi connectivity index (χ2v) is 5.64. The van der Waals surface area contributed by atoms with E-state index in [1.54, 1.807) is 6.20 Å². The second-order valence-electron chi connectivity index (χ2n) is 4.77. The lowest BCUT2D eigenvalue weighted by Gasteiger charge is -2.19. The molecule has 2 unspecified atom stereocenters. The van der Waals surface area contributed by atoms with Crippen LogP contribution in [0.5, 0.6) is 0 Å². The summed E-state index contributed by atoms with van der Waals surface area (Å²) in [4.78, 5) is 28.2. The van der Waals surface area contributed by atoms with Crippen molar-refractivity contribution in [2.24, 2.45) is 5.92 Å². The number of amides is 1. The summed E-state index contributed by atoms with van der Waals surface area (Å²) < 4.78 is 1.84. The molecule has 2 rings (SSSR count). The average molecular weight is 295 g/mol. The van der Waals surface area contributed by atoms with Crippen LogP contribution in [0.4, 0.5) is 0 Å². The maximum absolute atomic E-state index is 11.9. The Morgan fingerprint density at radius 3 is 2.90 bits per heavy atom. The third-order valence-electron chi connectivity index (χ3n) is 3.28. The van der Waals surface area contributed by atoms with Gasteiger partial charge in [-0.3, -0.25) is 9.20 Å². The van der Waals surface area contributed by atoms with Crippen LogP contribution in [0.1, 0.15) is 26.0 Å². The SMILES string of the molecule is CCC(C)C(NC(=O)Cc1cn2ccsc2n1)C(=O)O. The lowest BCUT2D eigenvalue weighted by molar-refractivity contribution is -0.143. The molecular formula is C13H17N3O3S. The Morgan fingerprint density at radius 1 is 1.55 bits per heavy atom. The van der Waals surface area contributed by atoms with Crippen molar-refractivity contribution in [1.29, 1.82) is 0 Å². The van der Waals surface area contributed by atoms with Gasteiger partial charge in [0.25, 0.3) is 0 Å². The van der Waals surface area contributed by atoms with E-state index >= 15 is 0 Å². The van der Waals surface area contributed by atoms with Crippen molar-refractivity contribution < 1.29 is 14.7 Å². The van der Waals surface area contributed by atoms with E-state index in [-0.39, 0.29) is 18.2 Å². The highest BCUT2D eigenvalue weighted by atomic mass is 32.1. The number of nitrogens with zero attached hydrogens (tertiary/aromatic N) is 2. The zero-order valence-electron chi connectivity index (χ0n) is 11.4. The summed E-state index contributed by atoms with van der Waals surface area (Å²) >= 11 is 1.49. The number of carboxylic acids is 1. The van der Waals surface area contributed by atoms with Crippen molar-refractivity contribution >= 4 is 28.2 Å². The molecule has 0 radical (unpaired) electrons. The van der Waals surface area contributed by atoms with Gasteiger partial charge in [-0.2, -0.15) is 0 Å². The fraction of sp³-hybridized carbons (Fsp3) is 0.462. The van der Waals surface area contributed by atoms with Crippen molar-refractivity contribution in [1.82, 2.24) is 14.7 Å². The topological polar surface area (TPSA) is 83.7 Å². The highest BCUT2D eigenvalue weighted by molar-refractivity contribution is 7.15. The number of fused-ring (bicyclic) bond motifs is 1. The molecule has 0 bridgehead atoms. The molecule has 7 heteroatoms. The molecule has 1 amide bonds. The molecule has 0 aliphatic heterocycles. The lowest BCUT2D eigenvalue weighted by atomic mass is 9.99. The van der Waals surface area contributed by atoms with Crippen molar-refractivity contribution in [3.05, 3.63) is 23.5 Å². The van der Waals surface area contributed by atoms with E-state index < -0.39 is 12.0 Å². The van der Waals surface area contributed by atoms with Crippen LogP contribution in [0.15, 0.2) is 17.8 Å². The standard InChI is InChI=1S/C13H17N3O3S/c1-3-8(2)11(12(18)19)15-10(17)6-9-7-16-4-5-20-13(16)14-9/h4-5,7-8,11H,3,6H2,1-2H3,(H,15,17)(H,18,19). The monoisotopic (exact) mass is 295 g/mol. The molecule has 0 fully saturated rings. The smallest absolute Gasteiger partial charge is 0.326 e. The Balaban J connectivity index is 2.00. The first-order valence-corrected chi connectivity index (χ1v) is 7.32. The quantitative estimate of drug-likeness (QED) is 0.847. The van der Waals surface area contributed by atoms with Gasteiger partial charge in [0.05, 0.1) is 12.1 Å². The number of aromatic nitrogens is 2. The van der Waals surface area contributed by atoms with E-state index in [0.717, 1.165) is 4.96 Å². The molecule has 2 aromatic rings. The number of hydrogen-bond acceptors (Lipinski definition) is 4. The molecule has 0 aliphatic carbocycles. The van der Waals surface area contributed by atoms with E-state index in [9.17, 15) is 9.59 Å². The summed E-state index contributed by atoms with van der Waals surface area (Å²) in [5.41, 5.74) is 0.641. The van der Waals surface area contributed by atoms with Crippen LogP contribution in [0.2, 0.25) is 0 Å². The van der Waals surface area contributed by atoms with Crippen LogP contribution in [-0.4, -0.2) is 32.4 Å². The largest absolute Gasteiger partial charge is 0.480 e. The number of carboxylic acid groups (broad SMARTS) is 1. The van der Waals surface area contributed by atoms with E-state index in [1.807, 2.05) is 29.8 Å². The Hall–Kier alpha value is -1.89. The van der Waals surface area contributed by atoms with Gasteiger partial charge in [0.15, 0.2) is 4.96 Å². The fourth-order valence-electron chi connectivity index (χ4n) is 1.93. The predicted molar refractivity (Wildman–Crippen MR) is 75.8 cm³/mol. The van der Waals surface area contributed by atoms with Gasteiger partial charge in [0.2, 0.25) is 5.91 Å². The first-order valence-electron chi connectivity index (χ1n) is 6.44. The Morgan fingerprint density at radius 2 is 2.30 bits per heavy atom. The first-order chi connectivity index (χ1) is 9.51. The summed E-state index contributed by atoms with van der Waals surface area (Å²) in [5, 5.41) is 13.6. The molecule has 2 N–H and O–H groups in total. The zero-order valence-corrected chi connectivity index (χ0v) is 12.2. The fourth-order valence-corrected chi connectivity index (χ4v) is 2.65. The van der Waals surface area contributed by atoms with E-state index in [4.69, 9.17) is 5.11 Å². The number of carbonyl (C=O) groups excluding carboxylic acids is 1. The number of hydrogen-bond donors (Lipinski definition) is 2. The predicted octanol–water partition coefficient (Wildman–Crippen LogP) is 1.55. The number of imidazole rings is 1. The summed E-state index contributed by atoms with van der Waals surface area (Å²) in [7, 11) is 0. The van der Waals surface area contributed by atoms with Gasteiger partial charge in [-0.1, -0.05) is 20.3 Å². The first kappa shape index (κ1) is 14.5. The van der Waals surface area contributed by atoms with Crippen LogP contribution < -0.4 is 5.32 Å². The summed E-state index contributed by atoms with van der Waals surface area (Å²) in [6, 6.07) is -0.851. The number of nitrogens with one attached hydrogen (secondary N) is 1. The van der Waals surface area contributed by atoms with Crippen LogP contribution in [0, 0.1) is 5.92 Å². The summed E-state index contributed by atoms with van der Waals surface area (Å²) in [6.45, 7) is 3.71. The van der Waals surface area contributed by atoms with Gasteiger partial charge in [0.1, 0.15) is 6.04 Å². The van der Waals surface area contributed by atoms with Crippen molar-refractivity contribution in [3.63, 3.8) is 0 Å². The molecule has 0 aliphatic rings. The highest BCUT2D eigenvalue weighted by Gasteiger charge is 2.25. The van der Waals surface area contributed by atoms with Gasteiger partial charge in [-0.05, 0) is 5.92 Å². The van der Waals surface area contributed by atoms with Gasteiger partial charge >= 0.3 is 5.97 Å². The second kappa shape index (κ2) is 6.04. The number of aliphatic carboxylic acids is 1. The minimum absolute atomic E-state index is 0.0919. The minimum Gasteiger partial charge on any atom is -0.480 e. The Bertz CT molecular complexity index is 591. The highest BCUT2D eigenvalue weighted by Crippen LogP contribution is 2.12. The van der Waals surface area contributed by atoms with Gasteiger partial charge in [-0.15, -0.1) is 11.3 Å². The van der Waals surface area contributed by atoms with Crippen molar-refractivity contribution in [2.45, 2.75) is 32.7 Å². The van der Waals surface area contributed by atoms with Crippen LogP contribution in [0.25, 0.3) is 4.96 Å². The van der Waals surface area contributed by atoms with E-state index in [0.29, 0.717) is 12.1 Å². The minimum atomic E-state index is -1.00. The molecule has 6 nitrogen and oxygen atoms in total. The van der Waals surface area contributed by atoms with Gasteiger partial charge < -0.3 is 10.4 Å². The molecule has 0 saturated heterocycles. The summed E-state index contributed by atoms with van der Waals surface area (Å²) in [5.74, 6) is -1.43. The Labute approximate surface area is 120 Å². The van der Waals surface area contributed by atoms with Crippen LogP contribution >= 0.6 is 11.3 Å². The van der Waals surface area contributed by atoms with E-state index in [1.165, 1.54) is 11.3 Å². The molecule has 108 valence electrons. The third-order valence-corrected chi connectivity index (χ3v) is 4.05. The normalized spacial score (nSPS) is 14.1. The van der Waals surface area contributed by atoms with Crippen molar-refractivity contribution in [3.8, 4) is 0 Å². The maximum Gasteiger partial charge on any atom is 0.326 e. The molecule has 2 aromatic heterocycles. The molecule has 0 spiro atoms. The summed E-state index contributed by atoms with van der Waals surface area (Å²) in [6.07, 6.45) is 4.43. The maximum atomic E-state index is 11.9. The molecular weight excluding hydrogens is 278 g/mol. The number of carbonyl (C=O) groups is 2. The molecule has 20 heavy (non-hydrogen) atoms. The number of thiazole rings is 1. The average Bonchev–Trinajstić information content (AvgIpc) is 2.95.